The van der Waals surface area contributed by atoms with Crippen LogP contribution >= 0.6 is 0 Å². The molecule has 144 valence electrons. The zero-order valence-corrected chi connectivity index (χ0v) is 15.9. The van der Waals surface area contributed by atoms with Crippen molar-refractivity contribution >= 4 is 11.8 Å². The van der Waals surface area contributed by atoms with Gasteiger partial charge in [0, 0.05) is 0 Å². The fourth-order valence-electron chi connectivity index (χ4n) is 2.33. The van der Waals surface area contributed by atoms with Gasteiger partial charge in [0.1, 0.15) is 17.2 Å². The molecular formula is C20H24N2O5. The summed E-state index contributed by atoms with van der Waals surface area (Å²) >= 11 is 0. The highest BCUT2D eigenvalue weighted by Crippen LogP contribution is 2.20. The lowest BCUT2D eigenvalue weighted by molar-refractivity contribution is -0.128. The van der Waals surface area contributed by atoms with Gasteiger partial charge in [-0.1, -0.05) is 11.6 Å². The van der Waals surface area contributed by atoms with Crippen LogP contribution in [-0.2, 0) is 4.79 Å². The molecule has 0 fully saturated rings. The second-order valence-electron chi connectivity index (χ2n) is 5.81. The van der Waals surface area contributed by atoms with E-state index in [-0.39, 0.29) is 0 Å². The minimum atomic E-state index is -0.803. The smallest absolute Gasteiger partial charge is 0.279 e. The molecule has 7 heteroatoms. The van der Waals surface area contributed by atoms with Crippen LogP contribution in [0.2, 0.25) is 0 Å². The molecule has 2 rings (SSSR count). The van der Waals surface area contributed by atoms with E-state index in [2.05, 4.69) is 10.9 Å². The Morgan fingerprint density at radius 3 is 2.33 bits per heavy atom. The molecule has 0 saturated carbocycles. The molecule has 0 radical (unpaired) electrons. The van der Waals surface area contributed by atoms with Crippen molar-refractivity contribution in [3.63, 3.8) is 0 Å². The average Bonchev–Trinajstić information content (AvgIpc) is 2.67. The number of benzene rings is 2. The molecule has 0 aliphatic heterocycles. The third-order valence-electron chi connectivity index (χ3n) is 3.72. The molecule has 0 bridgehead atoms. The number of carbonyl (C=O) groups excluding carboxylic acids is 2. The van der Waals surface area contributed by atoms with Crippen LogP contribution in [0.5, 0.6) is 17.2 Å². The first-order chi connectivity index (χ1) is 12.9. The van der Waals surface area contributed by atoms with Gasteiger partial charge in [-0.15, -0.1) is 0 Å². The molecule has 27 heavy (non-hydrogen) atoms. The molecule has 0 saturated heterocycles. The van der Waals surface area contributed by atoms with Crippen LogP contribution in [0.3, 0.4) is 0 Å². The van der Waals surface area contributed by atoms with Crippen LogP contribution in [0.25, 0.3) is 0 Å². The first-order valence-corrected chi connectivity index (χ1v) is 8.59. The summed E-state index contributed by atoms with van der Waals surface area (Å²) < 4.78 is 16.1. The van der Waals surface area contributed by atoms with E-state index in [1.54, 1.807) is 43.3 Å². The predicted octanol–water partition coefficient (Wildman–Crippen LogP) is 2.63. The Morgan fingerprint density at radius 1 is 1.04 bits per heavy atom. The van der Waals surface area contributed by atoms with Crippen LogP contribution < -0.4 is 25.1 Å². The molecule has 0 aromatic heterocycles. The number of nitrogens with one attached hydrogen (secondary N) is 2. The second-order valence-corrected chi connectivity index (χ2v) is 5.81. The number of amides is 2. The third-order valence-corrected chi connectivity index (χ3v) is 3.72. The summed E-state index contributed by atoms with van der Waals surface area (Å²) in [7, 11) is 1.48. The van der Waals surface area contributed by atoms with Crippen LogP contribution in [0, 0.1) is 6.92 Å². The average molecular weight is 372 g/mol. The molecule has 1 atom stereocenters. The minimum absolute atomic E-state index is 0.331. The monoisotopic (exact) mass is 372 g/mol. The fourth-order valence-corrected chi connectivity index (χ4v) is 2.33. The maximum atomic E-state index is 12.3. The van der Waals surface area contributed by atoms with E-state index in [9.17, 15) is 9.59 Å². The van der Waals surface area contributed by atoms with Crippen LogP contribution in [0.4, 0.5) is 0 Å². The van der Waals surface area contributed by atoms with Crippen molar-refractivity contribution in [3.8, 4) is 17.2 Å². The van der Waals surface area contributed by atoms with Gasteiger partial charge in [0.05, 0.1) is 19.3 Å². The molecule has 0 heterocycles. The second kappa shape index (κ2) is 9.47. The Kier molecular flexibility index (Phi) is 7.05. The topological polar surface area (TPSA) is 85.9 Å². The largest absolute Gasteiger partial charge is 0.496 e. The van der Waals surface area contributed by atoms with Crippen LogP contribution in [0.15, 0.2) is 42.5 Å². The maximum Gasteiger partial charge on any atom is 0.279 e. The number of rotatable bonds is 7. The van der Waals surface area contributed by atoms with Gasteiger partial charge in [-0.05, 0) is 57.2 Å². The zero-order chi connectivity index (χ0) is 19.8. The highest BCUT2D eigenvalue weighted by molar-refractivity contribution is 5.98. The Morgan fingerprint density at radius 2 is 1.70 bits per heavy atom. The van der Waals surface area contributed by atoms with E-state index in [0.717, 1.165) is 11.3 Å². The lowest BCUT2D eigenvalue weighted by atomic mass is 10.1. The van der Waals surface area contributed by atoms with Gasteiger partial charge in [0.25, 0.3) is 11.8 Å². The molecule has 2 aromatic rings. The Balaban J connectivity index is 1.91. The Hall–Kier alpha value is -3.22. The van der Waals surface area contributed by atoms with E-state index >= 15 is 0 Å². The van der Waals surface area contributed by atoms with Gasteiger partial charge in [-0.3, -0.25) is 20.4 Å². The molecule has 0 aliphatic rings. The predicted molar refractivity (Wildman–Crippen MR) is 101 cm³/mol. The highest BCUT2D eigenvalue weighted by Gasteiger charge is 2.17. The maximum absolute atomic E-state index is 12.3. The quantitative estimate of drug-likeness (QED) is 0.730. The van der Waals surface area contributed by atoms with Crippen molar-refractivity contribution in [2.45, 2.75) is 26.9 Å². The molecule has 2 amide bonds. The summed E-state index contributed by atoms with van der Waals surface area (Å²) in [6, 6.07) is 12.2. The molecule has 0 unspecified atom stereocenters. The van der Waals surface area contributed by atoms with Gasteiger partial charge in [-0.25, -0.2) is 0 Å². The van der Waals surface area contributed by atoms with Crippen molar-refractivity contribution in [1.29, 1.82) is 0 Å². The molecule has 2 aromatic carbocycles. The van der Waals surface area contributed by atoms with Crippen molar-refractivity contribution in [2.24, 2.45) is 0 Å². The molecule has 0 spiro atoms. The summed E-state index contributed by atoms with van der Waals surface area (Å²) in [5.41, 5.74) is 5.97. The van der Waals surface area contributed by atoms with Crippen LogP contribution in [-0.4, -0.2) is 31.6 Å². The van der Waals surface area contributed by atoms with E-state index in [1.807, 2.05) is 19.9 Å². The van der Waals surface area contributed by atoms with Crippen molar-refractivity contribution in [3.05, 3.63) is 53.6 Å². The number of methoxy groups -OCH3 is 1. The fraction of sp³-hybridized carbons (Fsp3) is 0.300. The number of hydrogen-bond acceptors (Lipinski definition) is 5. The highest BCUT2D eigenvalue weighted by atomic mass is 16.5. The van der Waals surface area contributed by atoms with Crippen molar-refractivity contribution in [1.82, 2.24) is 10.9 Å². The molecular weight excluding hydrogens is 348 g/mol. The summed E-state index contributed by atoms with van der Waals surface area (Å²) in [4.78, 5) is 24.5. The summed E-state index contributed by atoms with van der Waals surface area (Å²) in [5.74, 6) is 0.709. The van der Waals surface area contributed by atoms with Gasteiger partial charge < -0.3 is 14.2 Å². The number of hydrazine groups is 1. The van der Waals surface area contributed by atoms with Crippen molar-refractivity contribution in [2.75, 3.05) is 13.7 Å². The van der Waals surface area contributed by atoms with Gasteiger partial charge in [0.15, 0.2) is 6.10 Å². The minimum Gasteiger partial charge on any atom is -0.496 e. The zero-order valence-electron chi connectivity index (χ0n) is 15.9. The lowest BCUT2D eigenvalue weighted by Gasteiger charge is -2.16. The summed E-state index contributed by atoms with van der Waals surface area (Å²) in [6.07, 6.45) is -0.803. The SMILES string of the molecule is CCOc1ccc(O[C@H](C)C(=O)NNC(=O)c2cc(C)ccc2OC)cc1. The van der Waals surface area contributed by atoms with E-state index in [1.165, 1.54) is 7.11 Å². The molecule has 7 nitrogen and oxygen atoms in total. The Labute approximate surface area is 158 Å². The third kappa shape index (κ3) is 5.64. The molecule has 0 aliphatic carbocycles. The first kappa shape index (κ1) is 20.1. The van der Waals surface area contributed by atoms with E-state index in [4.69, 9.17) is 14.2 Å². The summed E-state index contributed by atoms with van der Waals surface area (Å²) in [6.45, 7) is 5.93. The van der Waals surface area contributed by atoms with Gasteiger partial charge in [-0.2, -0.15) is 0 Å². The standard InChI is InChI=1S/C20H24N2O5/c1-5-26-15-7-9-16(10-8-15)27-14(3)19(23)21-22-20(24)17-12-13(2)6-11-18(17)25-4/h6-12,14H,5H2,1-4H3,(H,21,23)(H,22,24)/t14-/m1/s1. The number of ether oxygens (including phenoxy) is 3. The van der Waals surface area contributed by atoms with E-state index in [0.29, 0.717) is 23.7 Å². The first-order valence-electron chi connectivity index (χ1n) is 8.59. The van der Waals surface area contributed by atoms with E-state index < -0.39 is 17.9 Å². The van der Waals surface area contributed by atoms with Gasteiger partial charge >= 0.3 is 0 Å². The van der Waals surface area contributed by atoms with Crippen LogP contribution in [0.1, 0.15) is 29.8 Å². The number of hydrogen-bond donors (Lipinski definition) is 2. The van der Waals surface area contributed by atoms with Gasteiger partial charge in [0.2, 0.25) is 0 Å². The number of carbonyl (C=O) groups is 2. The number of aryl methyl sites for hydroxylation is 1. The Bertz CT molecular complexity index is 789. The summed E-state index contributed by atoms with van der Waals surface area (Å²) in [5, 5.41) is 0. The lowest BCUT2D eigenvalue weighted by Crippen LogP contribution is -2.47. The van der Waals surface area contributed by atoms with Crippen molar-refractivity contribution < 1.29 is 23.8 Å². The normalized spacial score (nSPS) is 11.3. The molecule has 2 N–H and O–H groups in total.